The molecule has 0 rings (SSSR count). The van der Waals surface area contributed by atoms with Gasteiger partial charge in [-0.3, -0.25) is 4.79 Å². The molecule has 12 heavy (non-hydrogen) atoms. The minimum absolute atomic E-state index is 0.0800. The molecule has 0 aromatic carbocycles. The highest BCUT2D eigenvalue weighted by atomic mass is 16.4. The third-order valence-electron chi connectivity index (χ3n) is 1.25. The largest absolute Gasteiger partial charge is 0.478 e. The average Bonchev–Trinajstić information content (AvgIpc) is 2.00. The summed E-state index contributed by atoms with van der Waals surface area (Å²) in [6, 6.07) is 0. The topological polar surface area (TPSA) is 66.4 Å². The molecule has 0 heterocycles. The van der Waals surface area contributed by atoms with Gasteiger partial charge in [-0.05, 0) is 6.42 Å². The molecular weight excluding hydrogens is 158 g/mol. The van der Waals surface area contributed by atoms with Crippen molar-refractivity contribution in [2.24, 2.45) is 0 Å². The summed E-state index contributed by atoms with van der Waals surface area (Å²) in [4.78, 5) is 21.1. The van der Waals surface area contributed by atoms with Crippen molar-refractivity contribution in [2.45, 2.75) is 19.8 Å². The Morgan fingerprint density at radius 3 is 2.50 bits per heavy atom. The Kier molecular flexibility index (Phi) is 4.76. The van der Waals surface area contributed by atoms with Gasteiger partial charge in [0.15, 0.2) is 0 Å². The lowest BCUT2D eigenvalue weighted by molar-refractivity contribution is -0.134. The van der Waals surface area contributed by atoms with Crippen molar-refractivity contribution in [3.63, 3.8) is 0 Å². The number of carboxylic acids is 1. The summed E-state index contributed by atoms with van der Waals surface area (Å²) in [5, 5.41) is 10.9. The molecule has 0 aliphatic heterocycles. The summed E-state index contributed by atoms with van der Waals surface area (Å²) in [6.45, 7) is 5.74. The van der Waals surface area contributed by atoms with Crippen molar-refractivity contribution in [3.8, 4) is 0 Å². The van der Waals surface area contributed by atoms with Gasteiger partial charge in [0.2, 0.25) is 5.91 Å². The Bertz CT molecular complexity index is 198. The standard InChI is InChI=1S/C8H13NO3/c1-3-4-9-7(10)5-6(2)8(11)12/h2-5H2,1H3,(H,9,10)(H,11,12). The number of hydrogen-bond acceptors (Lipinski definition) is 2. The van der Waals surface area contributed by atoms with E-state index in [1.165, 1.54) is 0 Å². The molecule has 0 saturated carbocycles. The van der Waals surface area contributed by atoms with Crippen LogP contribution >= 0.6 is 0 Å². The van der Waals surface area contributed by atoms with Crippen LogP contribution < -0.4 is 5.32 Å². The molecule has 2 N–H and O–H groups in total. The van der Waals surface area contributed by atoms with E-state index in [9.17, 15) is 9.59 Å². The fourth-order valence-electron chi connectivity index (χ4n) is 0.596. The first-order chi connectivity index (χ1) is 5.57. The van der Waals surface area contributed by atoms with Crippen LogP contribution in [0.25, 0.3) is 0 Å². The molecule has 0 aromatic rings. The molecule has 4 heteroatoms. The van der Waals surface area contributed by atoms with Crippen molar-refractivity contribution in [2.75, 3.05) is 6.54 Å². The second-order valence-corrected chi connectivity index (χ2v) is 2.44. The quantitative estimate of drug-likeness (QED) is 0.593. The van der Waals surface area contributed by atoms with Crippen molar-refractivity contribution in [1.82, 2.24) is 5.32 Å². The Balaban J connectivity index is 3.69. The second kappa shape index (κ2) is 5.35. The first-order valence-electron chi connectivity index (χ1n) is 3.75. The predicted molar refractivity (Wildman–Crippen MR) is 44.7 cm³/mol. The highest BCUT2D eigenvalue weighted by Crippen LogP contribution is 1.96. The molecule has 68 valence electrons. The van der Waals surface area contributed by atoms with Crippen LogP contribution in [0.1, 0.15) is 19.8 Å². The molecule has 0 atom stereocenters. The molecular formula is C8H13NO3. The predicted octanol–water partition coefficient (Wildman–Crippen LogP) is 0.544. The number of amides is 1. The lowest BCUT2D eigenvalue weighted by atomic mass is 10.2. The van der Waals surface area contributed by atoms with E-state index in [0.717, 1.165) is 6.42 Å². The van der Waals surface area contributed by atoms with Crippen LogP contribution in [0.3, 0.4) is 0 Å². The van der Waals surface area contributed by atoms with Crippen LogP contribution in [0.4, 0.5) is 0 Å². The lowest BCUT2D eigenvalue weighted by Gasteiger charge is -2.01. The minimum Gasteiger partial charge on any atom is -0.478 e. The number of hydrogen-bond donors (Lipinski definition) is 2. The summed E-state index contributed by atoms with van der Waals surface area (Å²) in [6.07, 6.45) is 0.709. The Morgan fingerprint density at radius 1 is 1.50 bits per heavy atom. The third-order valence-corrected chi connectivity index (χ3v) is 1.25. The Labute approximate surface area is 71.3 Å². The maximum Gasteiger partial charge on any atom is 0.331 e. The van der Waals surface area contributed by atoms with Crippen molar-refractivity contribution in [1.29, 1.82) is 0 Å². The van der Waals surface area contributed by atoms with Gasteiger partial charge in [0.05, 0.1) is 6.42 Å². The number of nitrogens with one attached hydrogen (secondary N) is 1. The van der Waals surface area contributed by atoms with Crippen LogP contribution in [0, 0.1) is 0 Å². The van der Waals surface area contributed by atoms with E-state index in [4.69, 9.17) is 5.11 Å². The monoisotopic (exact) mass is 171 g/mol. The molecule has 0 aliphatic rings. The first-order valence-corrected chi connectivity index (χ1v) is 3.75. The molecule has 0 aliphatic carbocycles. The maximum atomic E-state index is 10.9. The van der Waals surface area contributed by atoms with Gasteiger partial charge in [0.25, 0.3) is 0 Å². The zero-order chi connectivity index (χ0) is 9.56. The average molecular weight is 171 g/mol. The smallest absolute Gasteiger partial charge is 0.331 e. The maximum absolute atomic E-state index is 10.9. The molecule has 0 spiro atoms. The molecule has 0 aromatic heterocycles. The zero-order valence-electron chi connectivity index (χ0n) is 7.09. The van der Waals surface area contributed by atoms with Crippen molar-refractivity contribution in [3.05, 3.63) is 12.2 Å². The summed E-state index contributed by atoms with van der Waals surface area (Å²) in [7, 11) is 0. The summed E-state index contributed by atoms with van der Waals surface area (Å²) < 4.78 is 0. The number of carbonyl (C=O) groups excluding carboxylic acids is 1. The van der Waals surface area contributed by atoms with E-state index in [2.05, 4.69) is 11.9 Å². The highest BCUT2D eigenvalue weighted by molar-refractivity contribution is 5.93. The van der Waals surface area contributed by atoms with Crippen LogP contribution in [-0.2, 0) is 9.59 Å². The van der Waals surface area contributed by atoms with Gasteiger partial charge in [-0.25, -0.2) is 4.79 Å². The minimum atomic E-state index is -1.12. The first kappa shape index (κ1) is 10.7. The van der Waals surface area contributed by atoms with Gasteiger partial charge >= 0.3 is 5.97 Å². The van der Waals surface area contributed by atoms with Gasteiger partial charge in [0, 0.05) is 12.1 Å². The van der Waals surface area contributed by atoms with E-state index in [1.54, 1.807) is 0 Å². The third kappa shape index (κ3) is 4.49. The number of carboxylic acid groups (broad SMARTS) is 1. The highest BCUT2D eigenvalue weighted by Gasteiger charge is 2.08. The van der Waals surface area contributed by atoms with Gasteiger partial charge in [0.1, 0.15) is 0 Å². The van der Waals surface area contributed by atoms with Crippen LogP contribution in [0.2, 0.25) is 0 Å². The second-order valence-electron chi connectivity index (χ2n) is 2.44. The Morgan fingerprint density at radius 2 is 2.08 bits per heavy atom. The van der Waals surface area contributed by atoms with E-state index < -0.39 is 5.97 Å². The van der Waals surface area contributed by atoms with Gasteiger partial charge in [-0.1, -0.05) is 13.5 Å². The molecule has 0 fully saturated rings. The van der Waals surface area contributed by atoms with Crippen molar-refractivity contribution >= 4 is 11.9 Å². The Hall–Kier alpha value is -1.32. The van der Waals surface area contributed by atoms with E-state index in [1.807, 2.05) is 6.92 Å². The summed E-state index contributed by atoms with van der Waals surface area (Å²) in [5.74, 6) is -1.41. The molecule has 0 saturated heterocycles. The molecule has 0 bridgehead atoms. The van der Waals surface area contributed by atoms with Gasteiger partial charge in [-0.2, -0.15) is 0 Å². The van der Waals surface area contributed by atoms with Gasteiger partial charge < -0.3 is 10.4 Å². The van der Waals surface area contributed by atoms with E-state index in [0.29, 0.717) is 6.54 Å². The molecule has 4 nitrogen and oxygen atoms in total. The number of aliphatic carboxylic acids is 1. The van der Waals surface area contributed by atoms with Crippen LogP contribution in [0.15, 0.2) is 12.2 Å². The number of carbonyl (C=O) groups is 2. The fraction of sp³-hybridized carbons (Fsp3) is 0.500. The van der Waals surface area contributed by atoms with Crippen LogP contribution in [-0.4, -0.2) is 23.5 Å². The molecule has 0 radical (unpaired) electrons. The lowest BCUT2D eigenvalue weighted by Crippen LogP contribution is -2.25. The van der Waals surface area contributed by atoms with Crippen molar-refractivity contribution < 1.29 is 14.7 Å². The summed E-state index contributed by atoms with van der Waals surface area (Å²) in [5.41, 5.74) is -0.0800. The normalized spacial score (nSPS) is 9.08. The zero-order valence-corrected chi connectivity index (χ0v) is 7.09. The molecule has 0 unspecified atom stereocenters. The van der Waals surface area contributed by atoms with E-state index >= 15 is 0 Å². The fourth-order valence-corrected chi connectivity index (χ4v) is 0.596. The van der Waals surface area contributed by atoms with Gasteiger partial charge in [-0.15, -0.1) is 0 Å². The number of rotatable bonds is 5. The SMILES string of the molecule is C=C(CC(=O)NCCC)C(=O)O. The van der Waals surface area contributed by atoms with Crippen LogP contribution in [0.5, 0.6) is 0 Å². The molecule has 1 amide bonds. The summed E-state index contributed by atoms with van der Waals surface area (Å²) >= 11 is 0. The van der Waals surface area contributed by atoms with E-state index in [-0.39, 0.29) is 17.9 Å².